The number of fused-ring (bicyclic) bond motifs is 1. The largest absolute Gasteiger partial charge is 0.380 e. The van der Waals surface area contributed by atoms with Gasteiger partial charge in [-0.3, -0.25) is 4.79 Å². The molecule has 0 saturated heterocycles. The van der Waals surface area contributed by atoms with E-state index in [-0.39, 0.29) is 36.3 Å². The summed E-state index contributed by atoms with van der Waals surface area (Å²) in [5.41, 5.74) is 3.53. The summed E-state index contributed by atoms with van der Waals surface area (Å²) in [5, 5.41) is 6.30. The molecule has 3 aromatic rings. The lowest BCUT2D eigenvalue weighted by molar-refractivity contribution is -0.123. The van der Waals surface area contributed by atoms with Crippen LogP contribution in [0.4, 0.5) is 24.5 Å². The Morgan fingerprint density at radius 2 is 1.66 bits per heavy atom. The predicted octanol–water partition coefficient (Wildman–Crippen LogP) is 6.90. The van der Waals surface area contributed by atoms with E-state index in [4.69, 9.17) is 0 Å². The molecule has 7 heteroatoms. The first-order chi connectivity index (χ1) is 18.3. The molecule has 4 nitrogen and oxygen atoms in total. The highest BCUT2D eigenvalue weighted by Gasteiger charge is 2.44. The molecule has 0 spiro atoms. The van der Waals surface area contributed by atoms with Crippen molar-refractivity contribution >= 4 is 17.3 Å². The van der Waals surface area contributed by atoms with Gasteiger partial charge in [0, 0.05) is 30.9 Å². The van der Waals surface area contributed by atoms with Crippen molar-refractivity contribution in [3.05, 3.63) is 94.8 Å². The van der Waals surface area contributed by atoms with Gasteiger partial charge >= 0.3 is 0 Å². The third kappa shape index (κ3) is 5.38. The van der Waals surface area contributed by atoms with E-state index in [0.29, 0.717) is 23.4 Å². The second-order valence-corrected chi connectivity index (χ2v) is 10.8. The van der Waals surface area contributed by atoms with Crippen molar-refractivity contribution in [3.63, 3.8) is 0 Å². The maximum Gasteiger partial charge on any atom is 0.229 e. The van der Waals surface area contributed by atoms with E-state index in [1.54, 1.807) is 0 Å². The van der Waals surface area contributed by atoms with Gasteiger partial charge in [-0.2, -0.15) is 0 Å². The first kappa shape index (κ1) is 26.1. The molecule has 1 amide bonds. The first-order valence-electron chi connectivity index (χ1n) is 13.4. The van der Waals surface area contributed by atoms with E-state index in [1.807, 2.05) is 24.3 Å². The molecule has 2 N–H and O–H groups in total. The molecule has 2 unspecified atom stereocenters. The Bertz CT molecular complexity index is 1290. The van der Waals surface area contributed by atoms with Crippen LogP contribution in [0.5, 0.6) is 0 Å². The fraction of sp³-hybridized carbons (Fsp3) is 0.387. The summed E-state index contributed by atoms with van der Waals surface area (Å²) in [6.45, 7) is 4.77. The van der Waals surface area contributed by atoms with E-state index >= 15 is 4.39 Å². The molecule has 1 heterocycles. The zero-order valence-corrected chi connectivity index (χ0v) is 21.8. The maximum absolute atomic E-state index is 15.5. The van der Waals surface area contributed by atoms with Gasteiger partial charge in [0.1, 0.15) is 5.82 Å². The summed E-state index contributed by atoms with van der Waals surface area (Å²) in [6.07, 6.45) is 4.32. The summed E-state index contributed by atoms with van der Waals surface area (Å²) < 4.78 is 42.5. The zero-order chi connectivity index (χ0) is 26.8. The molecule has 38 heavy (non-hydrogen) atoms. The molecule has 5 rings (SSSR count). The topological polar surface area (TPSA) is 44.4 Å². The predicted molar refractivity (Wildman–Crippen MR) is 144 cm³/mol. The average molecular weight is 522 g/mol. The smallest absolute Gasteiger partial charge is 0.229 e. The van der Waals surface area contributed by atoms with Gasteiger partial charge in [0.05, 0.1) is 11.6 Å². The minimum absolute atomic E-state index is 0.0508. The lowest BCUT2D eigenvalue weighted by Gasteiger charge is -2.33. The van der Waals surface area contributed by atoms with Gasteiger partial charge in [-0.25, -0.2) is 13.2 Å². The Morgan fingerprint density at radius 1 is 0.921 bits per heavy atom. The molecule has 0 bridgehead atoms. The van der Waals surface area contributed by atoms with Gasteiger partial charge in [-0.1, -0.05) is 63.1 Å². The fourth-order valence-corrected chi connectivity index (χ4v) is 5.96. The number of carbonyl (C=O) groups excluding carboxylic acids is 1. The molecule has 1 fully saturated rings. The number of hydrogen-bond acceptors (Lipinski definition) is 3. The van der Waals surface area contributed by atoms with E-state index in [1.165, 1.54) is 12.1 Å². The number of carbonyl (C=O) groups is 1. The summed E-state index contributed by atoms with van der Waals surface area (Å²) in [7, 11) is 0. The number of anilines is 2. The van der Waals surface area contributed by atoms with E-state index < -0.39 is 17.6 Å². The standard InChI is InChI=1S/C31H34F3N3O/c1-19(2)30-29(31(38)35-17-21-12-13-24(32)25(33)14-21)23-15-26(34)27(36-22-10-6-7-11-22)16-28(23)37(30)18-20-8-4-3-5-9-20/h3-5,8-9,12-16,19,22,29-30,36H,6-7,10-11,17-18H2,1-2H3,(H,35,38). The third-order valence-corrected chi connectivity index (χ3v) is 7.79. The number of nitrogens with one attached hydrogen (secondary N) is 2. The number of halogens is 3. The highest BCUT2D eigenvalue weighted by atomic mass is 19.2. The van der Waals surface area contributed by atoms with Crippen molar-refractivity contribution in [3.8, 4) is 0 Å². The van der Waals surface area contributed by atoms with Crippen LogP contribution in [0.15, 0.2) is 60.7 Å². The van der Waals surface area contributed by atoms with E-state index in [0.717, 1.165) is 49.1 Å². The van der Waals surface area contributed by atoms with Gasteiger partial charge in [-0.05, 0) is 59.7 Å². The highest BCUT2D eigenvalue weighted by Crippen LogP contribution is 2.47. The highest BCUT2D eigenvalue weighted by molar-refractivity contribution is 5.90. The second-order valence-electron chi connectivity index (χ2n) is 10.8. The molecule has 200 valence electrons. The average Bonchev–Trinajstić information content (AvgIpc) is 3.52. The van der Waals surface area contributed by atoms with Crippen molar-refractivity contribution in [2.24, 2.45) is 5.92 Å². The molecule has 2 aliphatic rings. The van der Waals surface area contributed by atoms with Gasteiger partial charge < -0.3 is 15.5 Å². The Kier molecular flexibility index (Phi) is 7.63. The van der Waals surface area contributed by atoms with Crippen molar-refractivity contribution in [2.45, 2.75) is 70.6 Å². The normalized spacial score (nSPS) is 19.2. The molecular formula is C31H34F3N3O. The Morgan fingerprint density at radius 3 is 2.34 bits per heavy atom. The number of amides is 1. The summed E-state index contributed by atoms with van der Waals surface area (Å²) in [4.78, 5) is 15.9. The molecule has 2 atom stereocenters. The lowest BCUT2D eigenvalue weighted by Crippen LogP contribution is -2.43. The monoisotopic (exact) mass is 521 g/mol. The summed E-state index contributed by atoms with van der Waals surface area (Å²) in [5.74, 6) is -3.05. The van der Waals surface area contributed by atoms with Crippen LogP contribution < -0.4 is 15.5 Å². The van der Waals surface area contributed by atoms with Gasteiger partial charge in [0.25, 0.3) is 0 Å². The van der Waals surface area contributed by atoms with Crippen LogP contribution in [0, 0.1) is 23.4 Å². The molecule has 3 aromatic carbocycles. The number of rotatable bonds is 8. The summed E-state index contributed by atoms with van der Waals surface area (Å²) in [6, 6.07) is 17.0. The quantitative estimate of drug-likeness (QED) is 0.339. The Hall–Kier alpha value is -3.48. The number of benzene rings is 3. The maximum atomic E-state index is 15.5. The Balaban J connectivity index is 1.49. The molecule has 0 radical (unpaired) electrons. The SMILES string of the molecule is CC(C)C1C(C(=O)NCc2ccc(F)c(F)c2)c2cc(F)c(NC3CCCC3)cc2N1Cc1ccccc1. The number of hydrogen-bond donors (Lipinski definition) is 2. The van der Waals surface area contributed by atoms with Crippen LogP contribution in [0.25, 0.3) is 0 Å². The summed E-state index contributed by atoms with van der Waals surface area (Å²) >= 11 is 0. The van der Waals surface area contributed by atoms with Gasteiger partial charge in [-0.15, -0.1) is 0 Å². The first-order valence-corrected chi connectivity index (χ1v) is 13.4. The van der Waals surface area contributed by atoms with Crippen molar-refractivity contribution in [2.75, 3.05) is 10.2 Å². The Labute approximate surface area is 222 Å². The molecule has 0 aromatic heterocycles. The van der Waals surface area contributed by atoms with Crippen LogP contribution in [0.3, 0.4) is 0 Å². The van der Waals surface area contributed by atoms with Crippen molar-refractivity contribution < 1.29 is 18.0 Å². The second kappa shape index (κ2) is 11.1. The molecule has 1 saturated carbocycles. The van der Waals surface area contributed by atoms with E-state index in [9.17, 15) is 13.6 Å². The molecule has 1 aliphatic carbocycles. The van der Waals surface area contributed by atoms with Crippen LogP contribution >= 0.6 is 0 Å². The lowest BCUT2D eigenvalue weighted by atomic mass is 9.87. The fourth-order valence-electron chi connectivity index (χ4n) is 5.96. The van der Waals surface area contributed by atoms with Crippen molar-refractivity contribution in [1.29, 1.82) is 0 Å². The molecule has 1 aliphatic heterocycles. The van der Waals surface area contributed by atoms with Crippen LogP contribution in [-0.4, -0.2) is 18.0 Å². The minimum Gasteiger partial charge on any atom is -0.380 e. The van der Waals surface area contributed by atoms with Crippen LogP contribution in [-0.2, 0) is 17.9 Å². The number of nitrogens with zero attached hydrogens (tertiary/aromatic N) is 1. The zero-order valence-electron chi connectivity index (χ0n) is 21.8. The van der Waals surface area contributed by atoms with E-state index in [2.05, 4.69) is 41.5 Å². The van der Waals surface area contributed by atoms with Crippen molar-refractivity contribution in [1.82, 2.24) is 5.32 Å². The molecular weight excluding hydrogens is 487 g/mol. The van der Waals surface area contributed by atoms with Crippen LogP contribution in [0.1, 0.15) is 62.1 Å². The third-order valence-electron chi connectivity index (χ3n) is 7.79. The van der Waals surface area contributed by atoms with Gasteiger partial charge in [0.15, 0.2) is 11.6 Å². The minimum atomic E-state index is -0.957. The van der Waals surface area contributed by atoms with Gasteiger partial charge in [0.2, 0.25) is 5.91 Å². The van der Waals surface area contributed by atoms with Crippen LogP contribution in [0.2, 0.25) is 0 Å².